The summed E-state index contributed by atoms with van der Waals surface area (Å²) in [7, 11) is 0. The Hall–Kier alpha value is -0.120. The van der Waals surface area contributed by atoms with Gasteiger partial charge in [-0.3, -0.25) is 5.84 Å². The smallest absolute Gasteiger partial charge is 0.0597 e. The van der Waals surface area contributed by atoms with Crippen molar-refractivity contribution in [2.75, 3.05) is 6.54 Å². The largest absolute Gasteiger partial charge is 0.393 e. The van der Waals surface area contributed by atoms with Gasteiger partial charge in [-0.15, -0.1) is 0 Å². The molecule has 2 fully saturated rings. The monoisotopic (exact) mass is 128 g/mol. The molecule has 3 atom stereocenters. The zero-order valence-corrected chi connectivity index (χ0v) is 5.33. The Morgan fingerprint density at radius 1 is 1.56 bits per heavy atom. The summed E-state index contributed by atoms with van der Waals surface area (Å²) in [4.78, 5) is 0. The quantitative estimate of drug-likeness (QED) is 0.425. The van der Waals surface area contributed by atoms with Crippen LogP contribution in [-0.2, 0) is 0 Å². The average molecular weight is 128 g/mol. The summed E-state index contributed by atoms with van der Waals surface area (Å²) in [5.41, 5.74) is 0. The molecule has 3 unspecified atom stereocenters. The van der Waals surface area contributed by atoms with E-state index in [1.807, 2.05) is 5.01 Å². The summed E-state index contributed by atoms with van der Waals surface area (Å²) >= 11 is 0. The third kappa shape index (κ3) is 0.764. The second-order valence-electron chi connectivity index (χ2n) is 3.06. The van der Waals surface area contributed by atoms with Crippen LogP contribution in [0.1, 0.15) is 12.8 Å². The molecule has 0 bridgehead atoms. The number of fused-ring (bicyclic) bond motifs is 1. The zero-order chi connectivity index (χ0) is 6.43. The number of aliphatic hydroxyl groups excluding tert-OH is 1. The van der Waals surface area contributed by atoms with Crippen molar-refractivity contribution < 1.29 is 5.11 Å². The van der Waals surface area contributed by atoms with Gasteiger partial charge in [0.25, 0.3) is 0 Å². The topological polar surface area (TPSA) is 49.5 Å². The van der Waals surface area contributed by atoms with Crippen molar-refractivity contribution in [3.63, 3.8) is 0 Å². The van der Waals surface area contributed by atoms with Crippen LogP contribution in [0.5, 0.6) is 0 Å². The molecule has 1 aliphatic heterocycles. The molecule has 9 heavy (non-hydrogen) atoms. The molecule has 0 spiro atoms. The predicted molar refractivity (Wildman–Crippen MR) is 33.4 cm³/mol. The van der Waals surface area contributed by atoms with E-state index in [0.29, 0.717) is 12.0 Å². The zero-order valence-electron chi connectivity index (χ0n) is 5.33. The van der Waals surface area contributed by atoms with Crippen molar-refractivity contribution in [2.24, 2.45) is 11.8 Å². The molecule has 0 amide bonds. The summed E-state index contributed by atoms with van der Waals surface area (Å²) in [6.45, 7) is 0.863. The molecule has 3 N–H and O–H groups in total. The standard InChI is InChI=1S/C6H12N2O/c7-8-2-1-6(9)4-3-5(4)8/h4-6,9H,1-3,7H2. The fraction of sp³-hybridized carbons (Fsp3) is 1.00. The highest BCUT2D eigenvalue weighted by atomic mass is 16.3. The lowest BCUT2D eigenvalue weighted by Gasteiger charge is -2.24. The van der Waals surface area contributed by atoms with Crippen LogP contribution in [0.2, 0.25) is 0 Å². The van der Waals surface area contributed by atoms with Gasteiger partial charge in [0.15, 0.2) is 0 Å². The van der Waals surface area contributed by atoms with E-state index in [9.17, 15) is 5.11 Å². The van der Waals surface area contributed by atoms with E-state index in [1.165, 1.54) is 0 Å². The highest BCUT2D eigenvalue weighted by Gasteiger charge is 2.48. The molecule has 0 radical (unpaired) electrons. The normalized spacial score (nSPS) is 50.7. The SMILES string of the molecule is NN1CCC(O)C2CC21. The van der Waals surface area contributed by atoms with Gasteiger partial charge in [-0.05, 0) is 12.8 Å². The van der Waals surface area contributed by atoms with E-state index in [0.717, 1.165) is 19.4 Å². The van der Waals surface area contributed by atoms with Crippen LogP contribution in [0.15, 0.2) is 0 Å². The van der Waals surface area contributed by atoms with E-state index in [1.54, 1.807) is 0 Å². The summed E-state index contributed by atoms with van der Waals surface area (Å²) in [6.07, 6.45) is 1.91. The number of aliphatic hydroxyl groups is 1. The van der Waals surface area contributed by atoms with E-state index in [-0.39, 0.29) is 6.10 Å². The van der Waals surface area contributed by atoms with Crippen LogP contribution in [0.25, 0.3) is 0 Å². The van der Waals surface area contributed by atoms with Crippen molar-refractivity contribution in [3.8, 4) is 0 Å². The van der Waals surface area contributed by atoms with Gasteiger partial charge < -0.3 is 5.11 Å². The molecule has 52 valence electrons. The molecule has 1 saturated heterocycles. The molecule has 1 heterocycles. The first-order valence-electron chi connectivity index (χ1n) is 3.48. The van der Waals surface area contributed by atoms with Gasteiger partial charge >= 0.3 is 0 Å². The van der Waals surface area contributed by atoms with Crippen molar-refractivity contribution in [1.29, 1.82) is 0 Å². The third-order valence-corrected chi connectivity index (χ3v) is 2.41. The summed E-state index contributed by atoms with van der Waals surface area (Å²) in [5.74, 6) is 6.11. The highest BCUT2D eigenvalue weighted by Crippen LogP contribution is 2.41. The molecule has 1 saturated carbocycles. The van der Waals surface area contributed by atoms with Gasteiger partial charge in [-0.2, -0.15) is 0 Å². The molecular weight excluding hydrogens is 116 g/mol. The van der Waals surface area contributed by atoms with Crippen molar-refractivity contribution in [1.82, 2.24) is 5.01 Å². The maximum Gasteiger partial charge on any atom is 0.0597 e. The van der Waals surface area contributed by atoms with E-state index in [2.05, 4.69) is 0 Å². The molecule has 0 aromatic heterocycles. The van der Waals surface area contributed by atoms with Gasteiger partial charge in [0.1, 0.15) is 0 Å². The maximum atomic E-state index is 9.25. The highest BCUT2D eigenvalue weighted by molar-refractivity contribution is 5.00. The first-order chi connectivity index (χ1) is 4.29. The first kappa shape index (κ1) is 5.65. The Labute approximate surface area is 54.4 Å². The number of hydrazine groups is 1. The molecule has 0 aromatic carbocycles. The number of hydrogen-bond acceptors (Lipinski definition) is 3. The van der Waals surface area contributed by atoms with Crippen LogP contribution in [0.3, 0.4) is 0 Å². The Kier molecular flexibility index (Phi) is 1.06. The van der Waals surface area contributed by atoms with Gasteiger partial charge in [0, 0.05) is 18.5 Å². The van der Waals surface area contributed by atoms with Gasteiger partial charge in [-0.25, -0.2) is 5.01 Å². The van der Waals surface area contributed by atoms with Gasteiger partial charge in [0.2, 0.25) is 0 Å². The maximum absolute atomic E-state index is 9.25. The summed E-state index contributed by atoms with van der Waals surface area (Å²) in [5, 5.41) is 11.1. The summed E-state index contributed by atoms with van der Waals surface area (Å²) in [6, 6.07) is 0.508. The van der Waals surface area contributed by atoms with E-state index < -0.39 is 0 Å². The second-order valence-corrected chi connectivity index (χ2v) is 3.06. The minimum atomic E-state index is -0.0604. The molecule has 3 nitrogen and oxygen atoms in total. The van der Waals surface area contributed by atoms with Gasteiger partial charge in [-0.1, -0.05) is 0 Å². The fourth-order valence-electron chi connectivity index (χ4n) is 1.66. The van der Waals surface area contributed by atoms with Crippen LogP contribution in [0.4, 0.5) is 0 Å². The second kappa shape index (κ2) is 1.68. The third-order valence-electron chi connectivity index (χ3n) is 2.41. The van der Waals surface area contributed by atoms with Crippen molar-refractivity contribution in [3.05, 3.63) is 0 Å². The molecule has 2 rings (SSSR count). The molecule has 2 aliphatic rings. The number of hydrogen-bond donors (Lipinski definition) is 2. The van der Waals surface area contributed by atoms with E-state index in [4.69, 9.17) is 5.84 Å². The average Bonchev–Trinajstić information content (AvgIpc) is 2.57. The molecular formula is C6H12N2O. The molecule has 1 aliphatic carbocycles. The number of piperidine rings is 1. The van der Waals surface area contributed by atoms with Crippen molar-refractivity contribution in [2.45, 2.75) is 25.0 Å². The van der Waals surface area contributed by atoms with E-state index >= 15 is 0 Å². The van der Waals surface area contributed by atoms with Crippen LogP contribution in [0, 0.1) is 5.92 Å². The van der Waals surface area contributed by atoms with Crippen LogP contribution >= 0.6 is 0 Å². The molecule has 3 heteroatoms. The Morgan fingerprint density at radius 2 is 2.33 bits per heavy atom. The Morgan fingerprint density at radius 3 is 3.00 bits per heavy atom. The summed E-state index contributed by atoms with van der Waals surface area (Å²) < 4.78 is 0. The lowest BCUT2D eigenvalue weighted by Crippen LogP contribution is -2.41. The number of rotatable bonds is 0. The predicted octanol–water partition coefficient (Wildman–Crippen LogP) is -0.685. The first-order valence-corrected chi connectivity index (χ1v) is 3.48. The lowest BCUT2D eigenvalue weighted by atomic mass is 10.1. The van der Waals surface area contributed by atoms with Crippen LogP contribution < -0.4 is 5.84 Å². The molecule has 0 aromatic rings. The van der Waals surface area contributed by atoms with Crippen molar-refractivity contribution >= 4 is 0 Å². The number of nitrogens with zero attached hydrogens (tertiary/aromatic N) is 1. The Bertz CT molecular complexity index is 114. The Balaban J connectivity index is 2.01. The lowest BCUT2D eigenvalue weighted by molar-refractivity contribution is 0.0748. The number of nitrogens with two attached hydrogens (primary N) is 1. The fourth-order valence-corrected chi connectivity index (χ4v) is 1.66. The van der Waals surface area contributed by atoms with Crippen LogP contribution in [-0.4, -0.2) is 28.8 Å². The minimum Gasteiger partial charge on any atom is -0.393 e. The van der Waals surface area contributed by atoms with Gasteiger partial charge in [0.05, 0.1) is 6.10 Å². The minimum absolute atomic E-state index is 0.0604.